The van der Waals surface area contributed by atoms with Crippen LogP contribution in [0.2, 0.25) is 0 Å². The van der Waals surface area contributed by atoms with Crippen LogP contribution in [0, 0.1) is 5.82 Å². The second-order valence-electron chi connectivity index (χ2n) is 9.11. The molecule has 3 N–H and O–H groups in total. The van der Waals surface area contributed by atoms with Gasteiger partial charge in [0.05, 0.1) is 11.7 Å². The number of alkyl halides is 2. The molecule has 1 aromatic heterocycles. The minimum absolute atomic E-state index is 0.0548. The van der Waals surface area contributed by atoms with E-state index in [4.69, 9.17) is 10.5 Å². The summed E-state index contributed by atoms with van der Waals surface area (Å²) in [6, 6.07) is 7.15. The van der Waals surface area contributed by atoms with Crippen LogP contribution in [0.1, 0.15) is 35.8 Å². The lowest BCUT2D eigenvalue weighted by Gasteiger charge is -2.36. The van der Waals surface area contributed by atoms with Gasteiger partial charge in [-0.1, -0.05) is 0 Å². The monoisotopic (exact) mass is 442 g/mol. The lowest BCUT2D eigenvalue weighted by atomic mass is 9.52. The van der Waals surface area contributed by atoms with Crippen LogP contribution in [-0.2, 0) is 5.54 Å². The number of amides is 1. The first kappa shape index (κ1) is 23.8. The molecule has 0 unspecified atom stereocenters. The third-order valence-electron chi connectivity index (χ3n) is 5.24. The van der Waals surface area contributed by atoms with Crippen molar-refractivity contribution in [2.45, 2.75) is 36.3 Å². The third-order valence-corrected chi connectivity index (χ3v) is 5.24. The summed E-state index contributed by atoms with van der Waals surface area (Å²) in [4.78, 5) is 20.8. The van der Waals surface area contributed by atoms with E-state index in [0.717, 1.165) is 0 Å². The van der Waals surface area contributed by atoms with Crippen molar-refractivity contribution < 1.29 is 22.7 Å². The predicted molar refractivity (Wildman–Crippen MR) is 126 cm³/mol. The third kappa shape index (κ3) is 5.11. The van der Waals surface area contributed by atoms with Gasteiger partial charge in [-0.15, -0.1) is 0 Å². The van der Waals surface area contributed by atoms with Gasteiger partial charge in [-0.3, -0.25) is 9.79 Å². The molecule has 0 bridgehead atoms. The molecular formula is C20H24B3F3N4O2. The minimum Gasteiger partial charge on any atom is -0.512 e. The number of anilines is 1. The molecule has 3 rings (SSSR count). The van der Waals surface area contributed by atoms with Gasteiger partial charge in [0.1, 0.15) is 53.3 Å². The van der Waals surface area contributed by atoms with Gasteiger partial charge in [0.25, 0.3) is 5.91 Å². The fourth-order valence-electron chi connectivity index (χ4n) is 3.46. The molecule has 2 atom stereocenters. The van der Waals surface area contributed by atoms with Gasteiger partial charge in [-0.2, -0.15) is 0 Å². The number of nitrogens with two attached hydrogens (primary N) is 1. The molecule has 0 spiro atoms. The Bertz CT molecular complexity index is 1050. The number of pyridine rings is 1. The van der Waals surface area contributed by atoms with Crippen LogP contribution in [0.5, 0.6) is 5.75 Å². The lowest BCUT2D eigenvalue weighted by molar-refractivity contribution is 0.102. The van der Waals surface area contributed by atoms with E-state index in [1.807, 2.05) is 23.5 Å². The highest BCUT2D eigenvalue weighted by Crippen LogP contribution is 2.41. The van der Waals surface area contributed by atoms with Crippen molar-refractivity contribution in [3.05, 3.63) is 53.6 Å². The van der Waals surface area contributed by atoms with E-state index in [0.29, 0.717) is 11.4 Å². The Morgan fingerprint density at radius 1 is 1.28 bits per heavy atom. The fraction of sp³-hybridized carbons (Fsp3) is 0.350. The number of benzene rings is 1. The molecule has 1 aromatic carbocycles. The standard InChI is InChI=1S/C20H24B3F3N4O2/c1-18(6-7-19(26,10-24)17(27)30-18)13-8-11(2-4-14(13)25)29-16(31)15-5-3-12(9-28-15)32-20(21,22)23/h2-5,8-9H,6-7,10,21-23H2,1H3,(H2,27,30)(H,29,31)/t18-,19+/m0/s1. The van der Waals surface area contributed by atoms with Crippen LogP contribution in [-0.4, -0.2) is 57.9 Å². The van der Waals surface area contributed by atoms with Gasteiger partial charge in [0, 0.05) is 16.5 Å². The zero-order chi connectivity index (χ0) is 23.7. The molecule has 0 fully saturated rings. The van der Waals surface area contributed by atoms with Gasteiger partial charge >= 0.3 is 0 Å². The highest BCUT2D eigenvalue weighted by Gasteiger charge is 2.44. The molecule has 0 aliphatic carbocycles. The number of nitrogens with one attached hydrogen (secondary N) is 1. The number of aromatic nitrogens is 1. The van der Waals surface area contributed by atoms with Crippen molar-refractivity contribution in [3.63, 3.8) is 0 Å². The molecule has 166 valence electrons. The first-order chi connectivity index (χ1) is 14.8. The maximum atomic E-state index is 14.6. The Balaban J connectivity index is 1.81. The number of amidine groups is 1. The van der Waals surface area contributed by atoms with Gasteiger partial charge in [-0.05, 0) is 50.1 Å². The summed E-state index contributed by atoms with van der Waals surface area (Å²) in [6.07, 6.45) is 1.28. The predicted octanol–water partition coefficient (Wildman–Crippen LogP) is 0.406. The highest BCUT2D eigenvalue weighted by molar-refractivity contribution is 6.58. The number of carbonyl (C=O) groups is 1. The molecule has 1 aliphatic rings. The van der Waals surface area contributed by atoms with Crippen molar-refractivity contribution >= 4 is 41.0 Å². The average molecular weight is 442 g/mol. The summed E-state index contributed by atoms with van der Waals surface area (Å²) >= 11 is 0. The van der Waals surface area contributed by atoms with Crippen LogP contribution in [0.4, 0.5) is 18.9 Å². The molecule has 0 saturated carbocycles. The smallest absolute Gasteiger partial charge is 0.274 e. The summed E-state index contributed by atoms with van der Waals surface area (Å²) in [7, 11) is 5.69. The molecule has 2 heterocycles. The Kier molecular flexibility index (Phi) is 6.35. The van der Waals surface area contributed by atoms with Crippen molar-refractivity contribution in [1.82, 2.24) is 4.98 Å². The fourth-order valence-corrected chi connectivity index (χ4v) is 3.46. The van der Waals surface area contributed by atoms with E-state index >= 15 is 0 Å². The first-order valence-electron chi connectivity index (χ1n) is 10.2. The normalized spacial score (nSPS) is 23.3. The Morgan fingerprint density at radius 3 is 2.56 bits per heavy atom. The number of hydrogen-bond acceptors (Lipinski definition) is 5. The second kappa shape index (κ2) is 8.56. The Hall–Kier alpha value is -2.91. The molecule has 6 nitrogen and oxygen atoms in total. The number of hydrogen-bond donors (Lipinski definition) is 2. The zero-order valence-electron chi connectivity index (χ0n) is 18.5. The Labute approximate surface area is 187 Å². The molecule has 1 aliphatic heterocycles. The molecule has 32 heavy (non-hydrogen) atoms. The maximum absolute atomic E-state index is 14.6. The molecular weight excluding hydrogens is 418 g/mol. The molecule has 0 saturated heterocycles. The number of rotatable bonds is 6. The second-order valence-corrected chi connectivity index (χ2v) is 9.11. The van der Waals surface area contributed by atoms with Gasteiger partial charge in [0.2, 0.25) is 0 Å². The molecule has 0 radical (unpaired) electrons. The van der Waals surface area contributed by atoms with Crippen LogP contribution >= 0.6 is 0 Å². The summed E-state index contributed by atoms with van der Waals surface area (Å²) in [5.41, 5.74) is 2.71. The van der Waals surface area contributed by atoms with Gasteiger partial charge in [-0.25, -0.2) is 18.2 Å². The van der Waals surface area contributed by atoms with E-state index in [-0.39, 0.29) is 24.1 Å². The first-order valence-corrected chi connectivity index (χ1v) is 10.2. The van der Waals surface area contributed by atoms with Crippen molar-refractivity contribution in [3.8, 4) is 5.75 Å². The average Bonchev–Trinajstić information content (AvgIpc) is 2.72. The van der Waals surface area contributed by atoms with E-state index in [1.54, 1.807) is 13.0 Å². The van der Waals surface area contributed by atoms with E-state index < -0.39 is 40.7 Å². The quantitative estimate of drug-likeness (QED) is 0.635. The lowest BCUT2D eigenvalue weighted by Crippen LogP contribution is -2.48. The topological polar surface area (TPSA) is 89.6 Å². The molecule has 1 amide bonds. The number of ether oxygens (including phenoxy) is 1. The molecule has 12 heteroatoms. The van der Waals surface area contributed by atoms with E-state index in [1.165, 1.54) is 30.5 Å². The van der Waals surface area contributed by atoms with Crippen molar-refractivity contribution in [1.29, 1.82) is 0 Å². The summed E-state index contributed by atoms with van der Waals surface area (Å²) in [5.74, 6) is -1.06. The number of carbonyl (C=O) groups excluding carboxylic acids is 1. The molecule has 2 aromatic rings. The van der Waals surface area contributed by atoms with E-state index in [2.05, 4.69) is 15.3 Å². The van der Waals surface area contributed by atoms with Crippen LogP contribution in [0.25, 0.3) is 0 Å². The van der Waals surface area contributed by atoms with Crippen LogP contribution < -0.4 is 15.8 Å². The number of nitrogens with zero attached hydrogens (tertiary/aromatic N) is 2. The maximum Gasteiger partial charge on any atom is 0.274 e. The van der Waals surface area contributed by atoms with Crippen molar-refractivity contribution in [2.75, 3.05) is 12.0 Å². The minimum atomic E-state index is -2.34. The zero-order valence-corrected chi connectivity index (χ0v) is 18.5. The van der Waals surface area contributed by atoms with Gasteiger partial charge < -0.3 is 15.8 Å². The van der Waals surface area contributed by atoms with Crippen molar-refractivity contribution in [2.24, 2.45) is 10.7 Å². The largest absolute Gasteiger partial charge is 0.512 e. The summed E-state index contributed by atoms with van der Waals surface area (Å²) < 4.78 is 47.8. The summed E-state index contributed by atoms with van der Waals surface area (Å²) in [6.45, 7) is 0.306. The van der Waals surface area contributed by atoms with Crippen LogP contribution in [0.15, 0.2) is 41.5 Å². The highest BCUT2D eigenvalue weighted by atomic mass is 19.2. The summed E-state index contributed by atoms with van der Waals surface area (Å²) in [5, 5.41) is 2.27. The van der Waals surface area contributed by atoms with Gasteiger partial charge in [0.15, 0.2) is 5.67 Å². The van der Waals surface area contributed by atoms with Crippen LogP contribution in [0.3, 0.4) is 0 Å². The van der Waals surface area contributed by atoms with E-state index in [9.17, 15) is 18.0 Å². The SMILES string of the molecule is BC(B)(B)Oc1ccc(C(=O)Nc2ccc(F)c([C@]3(C)CC[C@@](F)(CF)C(N)=N3)c2)nc1. The number of aliphatic imine (C=N–C) groups is 1. The Morgan fingerprint density at radius 2 is 2.00 bits per heavy atom. The number of halogens is 3.